The highest BCUT2D eigenvalue weighted by Crippen LogP contribution is 2.42. The lowest BCUT2D eigenvalue weighted by Crippen LogP contribution is -2.27. The SMILES string of the molecule is COc1cccc(C2CS(=O)(=O)Oc3c2c(C)nn3-c2cccc(Cl)c2)c1. The van der Waals surface area contributed by atoms with Crippen molar-refractivity contribution in [2.45, 2.75) is 12.8 Å². The van der Waals surface area contributed by atoms with E-state index in [9.17, 15) is 8.42 Å². The lowest BCUT2D eigenvalue weighted by Gasteiger charge is -2.24. The third kappa shape index (κ3) is 3.28. The Morgan fingerprint density at radius 1 is 1.22 bits per heavy atom. The number of rotatable bonds is 3. The summed E-state index contributed by atoms with van der Waals surface area (Å²) in [5.74, 6) is 0.309. The van der Waals surface area contributed by atoms with Gasteiger partial charge in [-0.15, -0.1) is 0 Å². The molecule has 8 heteroatoms. The first-order chi connectivity index (χ1) is 12.9. The van der Waals surface area contributed by atoms with Crippen molar-refractivity contribution in [3.05, 3.63) is 70.4 Å². The standard InChI is InChI=1S/C19H17ClN2O4S/c1-12-18-17(13-5-3-8-16(9-13)25-2)11-27(23,24)26-19(18)22(21-12)15-7-4-6-14(20)10-15/h3-10,17H,11H2,1-2H3. The molecule has 1 aromatic heterocycles. The van der Waals surface area contributed by atoms with E-state index in [4.69, 9.17) is 20.5 Å². The quantitative estimate of drug-likeness (QED) is 0.622. The second kappa shape index (κ2) is 6.58. The summed E-state index contributed by atoms with van der Waals surface area (Å²) in [4.78, 5) is 0. The number of hydrogen-bond donors (Lipinski definition) is 0. The number of benzene rings is 2. The number of aryl methyl sites for hydroxylation is 1. The molecule has 3 aromatic rings. The third-order valence-electron chi connectivity index (χ3n) is 4.54. The van der Waals surface area contributed by atoms with Gasteiger partial charge in [0.15, 0.2) is 0 Å². The van der Waals surface area contributed by atoms with Crippen molar-refractivity contribution in [1.29, 1.82) is 0 Å². The van der Waals surface area contributed by atoms with Crippen LogP contribution >= 0.6 is 11.6 Å². The van der Waals surface area contributed by atoms with Crippen LogP contribution in [-0.2, 0) is 10.1 Å². The Morgan fingerprint density at radius 3 is 2.74 bits per heavy atom. The van der Waals surface area contributed by atoms with Gasteiger partial charge >= 0.3 is 10.1 Å². The zero-order valence-corrected chi connectivity index (χ0v) is 16.3. The Balaban J connectivity index is 1.92. The van der Waals surface area contributed by atoms with Crippen molar-refractivity contribution < 1.29 is 17.3 Å². The van der Waals surface area contributed by atoms with Gasteiger partial charge in [0.1, 0.15) is 5.75 Å². The van der Waals surface area contributed by atoms with Gasteiger partial charge in [0.05, 0.1) is 24.2 Å². The van der Waals surface area contributed by atoms with E-state index >= 15 is 0 Å². The van der Waals surface area contributed by atoms with E-state index in [0.29, 0.717) is 22.2 Å². The van der Waals surface area contributed by atoms with Crippen LogP contribution in [0, 0.1) is 6.92 Å². The van der Waals surface area contributed by atoms with Crippen LogP contribution in [0.25, 0.3) is 5.69 Å². The van der Waals surface area contributed by atoms with Crippen LogP contribution in [0.1, 0.15) is 22.7 Å². The molecule has 0 fully saturated rings. The molecule has 0 radical (unpaired) electrons. The normalized spacial score (nSPS) is 17.8. The molecule has 0 bridgehead atoms. The van der Waals surface area contributed by atoms with Crippen LogP contribution in [0.2, 0.25) is 5.02 Å². The molecule has 1 unspecified atom stereocenters. The van der Waals surface area contributed by atoms with Crippen molar-refractivity contribution in [2.24, 2.45) is 0 Å². The van der Waals surface area contributed by atoms with Gasteiger partial charge in [0.2, 0.25) is 5.88 Å². The summed E-state index contributed by atoms with van der Waals surface area (Å²) in [6.07, 6.45) is 0. The lowest BCUT2D eigenvalue weighted by atomic mass is 9.92. The van der Waals surface area contributed by atoms with Crippen molar-refractivity contribution in [3.63, 3.8) is 0 Å². The van der Waals surface area contributed by atoms with E-state index in [-0.39, 0.29) is 11.6 Å². The van der Waals surface area contributed by atoms with Gasteiger partial charge < -0.3 is 8.92 Å². The zero-order chi connectivity index (χ0) is 19.2. The van der Waals surface area contributed by atoms with Gasteiger partial charge in [-0.05, 0) is 42.8 Å². The first-order valence-corrected chi connectivity index (χ1v) is 10.2. The monoisotopic (exact) mass is 404 g/mol. The van der Waals surface area contributed by atoms with Crippen molar-refractivity contribution in [2.75, 3.05) is 12.9 Å². The third-order valence-corrected chi connectivity index (χ3v) is 5.93. The van der Waals surface area contributed by atoms with E-state index in [0.717, 1.165) is 11.1 Å². The molecule has 1 aliphatic heterocycles. The topological polar surface area (TPSA) is 70.4 Å². The fraction of sp³-hybridized carbons (Fsp3) is 0.211. The van der Waals surface area contributed by atoms with Crippen LogP contribution in [0.5, 0.6) is 11.6 Å². The number of aromatic nitrogens is 2. The largest absolute Gasteiger partial charge is 0.497 e. The maximum absolute atomic E-state index is 12.5. The van der Waals surface area contributed by atoms with E-state index in [1.807, 2.05) is 31.2 Å². The molecule has 6 nitrogen and oxygen atoms in total. The van der Waals surface area contributed by atoms with E-state index in [2.05, 4.69) is 5.10 Å². The summed E-state index contributed by atoms with van der Waals surface area (Å²) in [6, 6.07) is 14.4. The minimum absolute atomic E-state index is 0.157. The summed E-state index contributed by atoms with van der Waals surface area (Å²) in [7, 11) is -2.20. The van der Waals surface area contributed by atoms with E-state index in [1.165, 1.54) is 4.68 Å². The van der Waals surface area contributed by atoms with Gasteiger partial charge in [-0.25, -0.2) is 0 Å². The number of methoxy groups -OCH3 is 1. The minimum atomic E-state index is -3.77. The fourth-order valence-corrected chi connectivity index (χ4v) is 4.77. The van der Waals surface area contributed by atoms with Gasteiger partial charge in [-0.2, -0.15) is 18.2 Å². The number of hydrogen-bond acceptors (Lipinski definition) is 5. The molecule has 1 atom stereocenters. The highest BCUT2D eigenvalue weighted by Gasteiger charge is 2.38. The van der Waals surface area contributed by atoms with Gasteiger partial charge in [0, 0.05) is 16.5 Å². The molecule has 2 heterocycles. The minimum Gasteiger partial charge on any atom is -0.497 e. The molecule has 0 spiro atoms. The molecule has 2 aromatic carbocycles. The second-order valence-corrected chi connectivity index (χ2v) is 8.38. The molecule has 1 aliphatic rings. The summed E-state index contributed by atoms with van der Waals surface area (Å²) >= 11 is 6.08. The molecular formula is C19H17ClN2O4S. The van der Waals surface area contributed by atoms with Crippen LogP contribution in [0.3, 0.4) is 0 Å². The predicted octanol–water partition coefficient (Wildman–Crippen LogP) is 3.70. The van der Waals surface area contributed by atoms with E-state index < -0.39 is 16.0 Å². The fourth-order valence-electron chi connectivity index (χ4n) is 3.35. The first kappa shape index (κ1) is 17.9. The molecular weight excluding hydrogens is 388 g/mol. The summed E-state index contributed by atoms with van der Waals surface area (Å²) in [5, 5.41) is 5.05. The number of halogens is 1. The molecule has 0 N–H and O–H groups in total. The Bertz CT molecular complexity index is 1120. The summed E-state index contributed by atoms with van der Waals surface area (Å²) in [5.41, 5.74) is 2.91. The Labute approximate surface area is 162 Å². The average Bonchev–Trinajstić information content (AvgIpc) is 2.96. The number of nitrogens with zero attached hydrogens (tertiary/aromatic N) is 2. The number of ether oxygens (including phenoxy) is 1. The molecule has 0 saturated carbocycles. The van der Waals surface area contributed by atoms with Crippen molar-refractivity contribution >= 4 is 21.7 Å². The Kier molecular flexibility index (Phi) is 4.36. The van der Waals surface area contributed by atoms with Crippen LogP contribution in [0.15, 0.2) is 48.5 Å². The lowest BCUT2D eigenvalue weighted by molar-refractivity contribution is 0.413. The summed E-state index contributed by atoms with van der Waals surface area (Å²) < 4.78 is 37.1. The van der Waals surface area contributed by atoms with Crippen LogP contribution < -0.4 is 8.92 Å². The average molecular weight is 405 g/mol. The molecule has 0 saturated heterocycles. The predicted molar refractivity (Wildman–Crippen MR) is 103 cm³/mol. The number of fused-ring (bicyclic) bond motifs is 1. The summed E-state index contributed by atoms with van der Waals surface area (Å²) in [6.45, 7) is 1.84. The van der Waals surface area contributed by atoms with Gasteiger partial charge in [-0.3, -0.25) is 0 Å². The Hall–Kier alpha value is -2.51. The molecule has 140 valence electrons. The van der Waals surface area contributed by atoms with Gasteiger partial charge in [-0.1, -0.05) is 29.8 Å². The van der Waals surface area contributed by atoms with Crippen molar-refractivity contribution in [1.82, 2.24) is 9.78 Å². The molecule has 4 rings (SSSR count). The molecule has 0 aliphatic carbocycles. The maximum Gasteiger partial charge on any atom is 0.311 e. The first-order valence-electron chi connectivity index (χ1n) is 8.29. The van der Waals surface area contributed by atoms with E-state index in [1.54, 1.807) is 31.4 Å². The maximum atomic E-state index is 12.5. The Morgan fingerprint density at radius 2 is 2.00 bits per heavy atom. The van der Waals surface area contributed by atoms with Crippen LogP contribution in [0.4, 0.5) is 0 Å². The van der Waals surface area contributed by atoms with Crippen LogP contribution in [-0.4, -0.2) is 31.1 Å². The highest BCUT2D eigenvalue weighted by molar-refractivity contribution is 7.87. The second-order valence-electron chi connectivity index (χ2n) is 6.33. The van der Waals surface area contributed by atoms with Gasteiger partial charge in [0.25, 0.3) is 0 Å². The molecule has 27 heavy (non-hydrogen) atoms. The van der Waals surface area contributed by atoms with Crippen molar-refractivity contribution in [3.8, 4) is 17.3 Å². The smallest absolute Gasteiger partial charge is 0.311 e. The zero-order valence-electron chi connectivity index (χ0n) is 14.7. The highest BCUT2D eigenvalue weighted by atomic mass is 35.5. The molecule has 0 amide bonds.